The molecule has 0 fully saturated rings. The number of aromatic nitrogens is 2. The van der Waals surface area contributed by atoms with Crippen LogP contribution in [0.25, 0.3) is 0 Å². The summed E-state index contributed by atoms with van der Waals surface area (Å²) in [7, 11) is 3.14. The molecule has 13 heteroatoms. The normalized spacial score (nSPS) is 14.4. The molecule has 0 bridgehead atoms. The molecule has 0 amide bonds. The van der Waals surface area contributed by atoms with Crippen LogP contribution in [0.1, 0.15) is 113 Å². The molecule has 0 radical (unpaired) electrons. The first kappa shape index (κ1) is 52.3. The van der Waals surface area contributed by atoms with Crippen molar-refractivity contribution in [2.24, 2.45) is 0 Å². The topological polar surface area (TPSA) is 174 Å². The van der Waals surface area contributed by atoms with E-state index in [-0.39, 0.29) is 18.8 Å². The zero-order valence-electron chi connectivity index (χ0n) is 42.7. The van der Waals surface area contributed by atoms with Gasteiger partial charge in [-0.05, 0) is 101 Å². The predicted molar refractivity (Wildman–Crippen MR) is 277 cm³/mol. The molecule has 2 aliphatic heterocycles. The Morgan fingerprint density at radius 1 is 0.648 bits per heavy atom. The number of benzene rings is 4. The largest absolute Gasteiger partial charge is 0.496 e. The van der Waals surface area contributed by atoms with Crippen LogP contribution in [0.2, 0.25) is 0 Å². The Morgan fingerprint density at radius 2 is 1.13 bits per heavy atom. The van der Waals surface area contributed by atoms with Gasteiger partial charge in [-0.1, -0.05) is 91.7 Å². The van der Waals surface area contributed by atoms with Gasteiger partial charge >= 0.3 is 11.9 Å². The number of carbonyl (C=O) groups excluding carboxylic acids is 2. The van der Waals surface area contributed by atoms with Crippen molar-refractivity contribution in [1.29, 1.82) is 5.26 Å². The number of rotatable bonds is 12. The van der Waals surface area contributed by atoms with Crippen molar-refractivity contribution >= 4 is 23.3 Å². The molecule has 2 aliphatic rings. The van der Waals surface area contributed by atoms with E-state index in [1.54, 1.807) is 38.7 Å². The van der Waals surface area contributed by atoms with E-state index in [0.717, 1.165) is 55.8 Å². The van der Waals surface area contributed by atoms with Crippen molar-refractivity contribution in [2.45, 2.75) is 94.3 Å². The molecule has 0 spiro atoms. The molecule has 368 valence electrons. The molecular weight excluding hydrogens is 895 g/mol. The summed E-state index contributed by atoms with van der Waals surface area (Å²) < 4.78 is 28.8. The van der Waals surface area contributed by atoms with E-state index in [1.165, 1.54) is 0 Å². The maximum atomic E-state index is 13.6. The number of ether oxygens (including phenoxy) is 5. The lowest BCUT2D eigenvalue weighted by atomic mass is 9.79. The van der Waals surface area contributed by atoms with Crippen LogP contribution in [0.5, 0.6) is 17.4 Å². The van der Waals surface area contributed by atoms with Gasteiger partial charge in [0.2, 0.25) is 5.88 Å². The molecule has 4 aromatic carbocycles. The van der Waals surface area contributed by atoms with Crippen molar-refractivity contribution in [3.8, 4) is 23.4 Å². The van der Waals surface area contributed by atoms with E-state index < -0.39 is 23.8 Å². The third-order valence-electron chi connectivity index (χ3n) is 12.3. The van der Waals surface area contributed by atoms with Gasteiger partial charge in [0.1, 0.15) is 24.7 Å². The molecule has 0 aliphatic carbocycles. The minimum absolute atomic E-state index is 0.143. The summed E-state index contributed by atoms with van der Waals surface area (Å²) in [5, 5.41) is 16.1. The molecule has 2 unspecified atom stereocenters. The van der Waals surface area contributed by atoms with E-state index in [0.29, 0.717) is 68.9 Å². The van der Waals surface area contributed by atoms with Crippen molar-refractivity contribution in [3.05, 3.63) is 197 Å². The average molecular weight is 958 g/mol. The number of fused-ring (bicyclic) bond motifs is 2. The Bertz CT molecular complexity index is 3090. The van der Waals surface area contributed by atoms with Crippen LogP contribution in [-0.4, -0.2) is 42.7 Å². The van der Waals surface area contributed by atoms with Crippen molar-refractivity contribution in [1.82, 2.24) is 9.97 Å². The number of H-pyrrole nitrogens is 1. The molecule has 3 N–H and O–H groups in total. The molecule has 6 aromatic rings. The second kappa shape index (κ2) is 23.5. The maximum Gasteiger partial charge on any atom is 0.337 e. The van der Waals surface area contributed by atoms with Gasteiger partial charge in [-0.25, -0.2) is 14.6 Å². The second-order valence-corrected chi connectivity index (χ2v) is 17.2. The Hall–Kier alpha value is -8.11. The zero-order valence-corrected chi connectivity index (χ0v) is 42.7. The van der Waals surface area contributed by atoms with Gasteiger partial charge in [-0.3, -0.25) is 4.79 Å². The molecule has 2 atom stereocenters. The van der Waals surface area contributed by atoms with Crippen LogP contribution < -0.4 is 30.4 Å². The lowest BCUT2D eigenvalue weighted by Gasteiger charge is -2.32. The molecule has 4 heterocycles. The van der Waals surface area contributed by atoms with Gasteiger partial charge < -0.3 is 39.3 Å². The quantitative estimate of drug-likeness (QED) is 0.0992. The van der Waals surface area contributed by atoms with Crippen LogP contribution in [-0.2, 0) is 32.3 Å². The number of hydrogen-bond donors (Lipinski definition) is 3. The van der Waals surface area contributed by atoms with E-state index in [9.17, 15) is 19.6 Å². The van der Waals surface area contributed by atoms with Crippen LogP contribution in [0.3, 0.4) is 0 Å². The number of esters is 2. The summed E-state index contributed by atoms with van der Waals surface area (Å²) in [5.41, 5.74) is 13.4. The van der Waals surface area contributed by atoms with Gasteiger partial charge in [-0.2, -0.15) is 5.26 Å². The third kappa shape index (κ3) is 11.5. The Morgan fingerprint density at radius 3 is 1.63 bits per heavy atom. The number of nitrogens with zero attached hydrogens (tertiary/aromatic N) is 2. The standard InChI is InChI=1S/C29H29N3O4.C27H28N2O4.C2H6/c1-6-35-28-26-25(22-12-11-21(14-30)13-23(22)34-5)24(19(4)32-27(26)18(3)15-31-28)29(33)36-16-20-9-7-17(2)8-10-20;1-15-6-9-19(10-7-15)14-33-27(31)22-18(4)29-25-17(3)13-28-26(30)24(25)23(22)20-11-8-16(2)12-21(20)32-5;1-2/h7-13,15,25,32H,6,16H2,1-5H3;6-13,23,29H,14H2,1-5H3,(H,28,30);1-2H3. The number of pyridine rings is 2. The SMILES string of the molecule is CC.CCOc1ncc(C)c2c1C(c1ccc(C#N)cc1OC)C(C(=O)OCc1ccc(C)cc1)=C(C)N2.COc1cc(C)ccc1C1C(C(=O)OCc2ccc(C)cc2)=C(C)Nc2c(C)c[nH]c(=O)c21. The van der Waals surface area contributed by atoms with Crippen LogP contribution in [0.15, 0.2) is 125 Å². The predicted octanol–water partition coefficient (Wildman–Crippen LogP) is 11.5. The summed E-state index contributed by atoms with van der Waals surface area (Å²) in [5.74, 6) is -0.600. The van der Waals surface area contributed by atoms with Gasteiger partial charge in [0.15, 0.2) is 0 Å². The van der Waals surface area contributed by atoms with Crippen molar-refractivity contribution in [3.63, 3.8) is 0 Å². The molecule has 0 saturated heterocycles. The van der Waals surface area contributed by atoms with E-state index in [4.69, 9.17) is 23.7 Å². The number of carbonyl (C=O) groups is 2. The molecule has 0 saturated carbocycles. The monoisotopic (exact) mass is 957 g/mol. The van der Waals surface area contributed by atoms with E-state index in [2.05, 4.69) is 26.7 Å². The maximum absolute atomic E-state index is 13.6. The molecule has 13 nitrogen and oxygen atoms in total. The van der Waals surface area contributed by atoms with Crippen LogP contribution >= 0.6 is 0 Å². The van der Waals surface area contributed by atoms with E-state index >= 15 is 0 Å². The fraction of sp³-hybridized carbons (Fsp3) is 0.293. The molecule has 8 rings (SSSR count). The van der Waals surface area contributed by atoms with Crippen molar-refractivity contribution in [2.75, 3.05) is 31.5 Å². The summed E-state index contributed by atoms with van der Waals surface area (Å²) in [4.78, 5) is 47.5. The Balaban J connectivity index is 0.000000225. The number of hydrogen-bond acceptors (Lipinski definition) is 12. The molecule has 71 heavy (non-hydrogen) atoms. The fourth-order valence-electron chi connectivity index (χ4n) is 8.68. The second-order valence-electron chi connectivity index (χ2n) is 17.2. The number of aryl methyl sites for hydroxylation is 5. The van der Waals surface area contributed by atoms with E-state index in [1.807, 2.05) is 142 Å². The summed E-state index contributed by atoms with van der Waals surface area (Å²) >= 11 is 0. The Labute approximate surface area is 416 Å². The third-order valence-corrected chi connectivity index (χ3v) is 12.3. The number of anilines is 2. The highest BCUT2D eigenvalue weighted by Gasteiger charge is 2.40. The first-order valence-corrected chi connectivity index (χ1v) is 23.7. The first-order valence-electron chi connectivity index (χ1n) is 23.7. The smallest absolute Gasteiger partial charge is 0.337 e. The van der Waals surface area contributed by atoms with Gasteiger partial charge in [0.25, 0.3) is 5.56 Å². The number of methoxy groups -OCH3 is 2. The highest BCUT2D eigenvalue weighted by molar-refractivity contribution is 5.96. The van der Waals surface area contributed by atoms with Gasteiger partial charge in [0.05, 0.1) is 77.9 Å². The Kier molecular flexibility index (Phi) is 17.3. The number of allylic oxidation sites excluding steroid dienone is 2. The lowest BCUT2D eigenvalue weighted by molar-refractivity contribution is -0.141. The first-order chi connectivity index (χ1) is 34.2. The minimum Gasteiger partial charge on any atom is -0.496 e. The zero-order chi connectivity index (χ0) is 51.5. The number of aromatic amines is 1. The average Bonchev–Trinajstić information content (AvgIpc) is 3.37. The van der Waals surface area contributed by atoms with Crippen LogP contribution in [0, 0.1) is 45.9 Å². The highest BCUT2D eigenvalue weighted by atomic mass is 16.5. The molecular formula is C58H63N5O8. The summed E-state index contributed by atoms with van der Waals surface area (Å²) in [6.45, 7) is 20.1. The van der Waals surface area contributed by atoms with Gasteiger partial charge in [0, 0.05) is 34.9 Å². The summed E-state index contributed by atoms with van der Waals surface area (Å²) in [6, 6.07) is 28.8. The number of nitriles is 1. The lowest BCUT2D eigenvalue weighted by Crippen LogP contribution is -2.30. The highest BCUT2D eigenvalue weighted by Crippen LogP contribution is 2.50. The minimum atomic E-state index is -0.633. The number of nitrogens with one attached hydrogen (secondary N) is 3. The van der Waals surface area contributed by atoms with Gasteiger partial charge in [-0.15, -0.1) is 0 Å². The molecule has 2 aromatic heterocycles. The summed E-state index contributed by atoms with van der Waals surface area (Å²) in [6.07, 6.45) is 3.42. The fourth-order valence-corrected chi connectivity index (χ4v) is 8.68. The van der Waals surface area contributed by atoms with Crippen molar-refractivity contribution < 1.29 is 33.3 Å². The van der Waals surface area contributed by atoms with Crippen LogP contribution in [0.4, 0.5) is 11.4 Å².